The molecular formula is C12H19NO4. The molecule has 1 unspecified atom stereocenters. The molecule has 0 aromatic heterocycles. The maximum absolute atomic E-state index is 11.9. The molecule has 0 aromatic carbocycles. The van der Waals surface area contributed by atoms with E-state index in [0.717, 1.165) is 0 Å². The highest BCUT2D eigenvalue weighted by Gasteiger charge is 2.34. The number of nitrogens with one attached hydrogen (secondary N) is 1. The third-order valence-electron chi connectivity index (χ3n) is 3.15. The fraction of sp³-hybridized carbons (Fsp3) is 0.667. The molecule has 3 atom stereocenters. The van der Waals surface area contributed by atoms with Crippen molar-refractivity contribution >= 4 is 11.9 Å². The minimum atomic E-state index is -0.938. The van der Waals surface area contributed by atoms with Gasteiger partial charge in [0, 0.05) is 0 Å². The van der Waals surface area contributed by atoms with E-state index in [1.165, 1.54) is 0 Å². The van der Waals surface area contributed by atoms with Gasteiger partial charge in [-0.05, 0) is 19.3 Å². The summed E-state index contributed by atoms with van der Waals surface area (Å²) in [6, 6.07) is -0.289. The molecule has 17 heavy (non-hydrogen) atoms. The van der Waals surface area contributed by atoms with Gasteiger partial charge in [0.15, 0.2) is 0 Å². The molecule has 5 nitrogen and oxygen atoms in total. The van der Waals surface area contributed by atoms with Crippen LogP contribution in [0.15, 0.2) is 12.2 Å². The van der Waals surface area contributed by atoms with E-state index in [1.807, 2.05) is 13.0 Å². The Morgan fingerprint density at radius 1 is 1.35 bits per heavy atom. The number of amides is 1. The Hall–Kier alpha value is -1.36. The highest BCUT2D eigenvalue weighted by Crippen LogP contribution is 2.26. The van der Waals surface area contributed by atoms with Crippen molar-refractivity contribution in [3.8, 4) is 0 Å². The second kappa shape index (κ2) is 6.39. The van der Waals surface area contributed by atoms with Gasteiger partial charge in [0.2, 0.25) is 5.91 Å². The van der Waals surface area contributed by atoms with Gasteiger partial charge >= 0.3 is 5.97 Å². The van der Waals surface area contributed by atoms with Crippen LogP contribution in [0.4, 0.5) is 0 Å². The average molecular weight is 241 g/mol. The molecule has 1 aliphatic carbocycles. The third-order valence-corrected chi connectivity index (χ3v) is 3.15. The van der Waals surface area contributed by atoms with Gasteiger partial charge in [0.05, 0.1) is 24.5 Å². The number of hydrogen-bond donors (Lipinski definition) is 3. The van der Waals surface area contributed by atoms with Crippen molar-refractivity contribution in [1.29, 1.82) is 0 Å². The predicted molar refractivity (Wildman–Crippen MR) is 62.3 cm³/mol. The van der Waals surface area contributed by atoms with Gasteiger partial charge in [-0.2, -0.15) is 0 Å². The normalized spacial score (nSPS) is 25.3. The monoisotopic (exact) mass is 241 g/mol. The van der Waals surface area contributed by atoms with Crippen LogP contribution in [-0.2, 0) is 9.59 Å². The van der Waals surface area contributed by atoms with Crippen LogP contribution in [0.2, 0.25) is 0 Å². The lowest BCUT2D eigenvalue weighted by atomic mass is 9.82. The van der Waals surface area contributed by atoms with E-state index in [4.69, 9.17) is 10.2 Å². The molecule has 0 heterocycles. The quantitative estimate of drug-likeness (QED) is 0.613. The molecule has 0 bridgehead atoms. The summed E-state index contributed by atoms with van der Waals surface area (Å²) in [6.45, 7) is 1.74. The van der Waals surface area contributed by atoms with Crippen LogP contribution >= 0.6 is 0 Å². The van der Waals surface area contributed by atoms with Crippen molar-refractivity contribution in [2.24, 2.45) is 11.8 Å². The van der Waals surface area contributed by atoms with Crippen LogP contribution in [0.5, 0.6) is 0 Å². The lowest BCUT2D eigenvalue weighted by Crippen LogP contribution is -2.44. The number of hydrogen-bond acceptors (Lipinski definition) is 3. The standard InChI is InChI=1S/C12H19NO4/c1-2-8(7-14)13-11(15)9-5-3-4-6-10(9)12(16)17/h3-4,8-10,14H,2,5-7H2,1H3,(H,13,15)(H,16,17)/t8?,9-,10+/m1/s1. The van der Waals surface area contributed by atoms with Gasteiger partial charge in [0.25, 0.3) is 0 Å². The number of rotatable bonds is 5. The molecule has 1 rings (SSSR count). The predicted octanol–water partition coefficient (Wildman–Crippen LogP) is 0.541. The number of aliphatic hydroxyl groups is 1. The first-order valence-corrected chi connectivity index (χ1v) is 5.89. The van der Waals surface area contributed by atoms with Gasteiger partial charge < -0.3 is 15.5 Å². The molecule has 0 fully saturated rings. The zero-order chi connectivity index (χ0) is 12.8. The van der Waals surface area contributed by atoms with Crippen molar-refractivity contribution in [1.82, 2.24) is 5.32 Å². The summed E-state index contributed by atoms with van der Waals surface area (Å²) in [4.78, 5) is 23.0. The SMILES string of the molecule is CCC(CO)NC(=O)[C@@H]1CC=CC[C@@H]1C(=O)O. The highest BCUT2D eigenvalue weighted by molar-refractivity contribution is 5.85. The lowest BCUT2D eigenvalue weighted by molar-refractivity contribution is -0.147. The molecule has 0 aliphatic heterocycles. The molecule has 0 saturated carbocycles. The minimum Gasteiger partial charge on any atom is -0.481 e. The summed E-state index contributed by atoms with van der Waals surface area (Å²) >= 11 is 0. The summed E-state index contributed by atoms with van der Waals surface area (Å²) in [6.07, 6.45) is 5.10. The van der Waals surface area contributed by atoms with E-state index < -0.39 is 17.8 Å². The van der Waals surface area contributed by atoms with E-state index >= 15 is 0 Å². The number of aliphatic hydroxyl groups excluding tert-OH is 1. The molecule has 0 spiro atoms. The van der Waals surface area contributed by atoms with Crippen molar-refractivity contribution in [2.75, 3.05) is 6.61 Å². The Labute approximate surface area is 101 Å². The third kappa shape index (κ3) is 3.56. The molecule has 1 aliphatic rings. The van der Waals surface area contributed by atoms with Crippen LogP contribution in [0.25, 0.3) is 0 Å². The molecule has 5 heteroatoms. The minimum absolute atomic E-state index is 0.122. The fourth-order valence-electron chi connectivity index (χ4n) is 1.96. The smallest absolute Gasteiger partial charge is 0.307 e. The molecule has 0 saturated heterocycles. The van der Waals surface area contributed by atoms with Gasteiger partial charge in [-0.15, -0.1) is 0 Å². The van der Waals surface area contributed by atoms with Crippen molar-refractivity contribution < 1.29 is 19.8 Å². The second-order valence-electron chi connectivity index (χ2n) is 4.29. The summed E-state index contributed by atoms with van der Waals surface area (Å²) in [7, 11) is 0. The largest absolute Gasteiger partial charge is 0.481 e. The van der Waals surface area contributed by atoms with Crippen LogP contribution in [0.3, 0.4) is 0 Å². The molecule has 3 N–H and O–H groups in total. The number of carbonyl (C=O) groups excluding carboxylic acids is 1. The van der Waals surface area contributed by atoms with Crippen molar-refractivity contribution in [3.05, 3.63) is 12.2 Å². The van der Waals surface area contributed by atoms with E-state index in [0.29, 0.717) is 19.3 Å². The Morgan fingerprint density at radius 2 is 1.94 bits per heavy atom. The number of carboxylic acids is 1. The summed E-state index contributed by atoms with van der Waals surface area (Å²) < 4.78 is 0. The Morgan fingerprint density at radius 3 is 2.41 bits per heavy atom. The van der Waals surface area contributed by atoms with Gasteiger partial charge in [-0.3, -0.25) is 9.59 Å². The van der Waals surface area contributed by atoms with Crippen LogP contribution in [-0.4, -0.2) is 34.7 Å². The fourth-order valence-corrected chi connectivity index (χ4v) is 1.96. The Balaban J connectivity index is 2.66. The van der Waals surface area contributed by atoms with E-state index in [-0.39, 0.29) is 18.6 Å². The number of allylic oxidation sites excluding steroid dienone is 2. The number of aliphatic carboxylic acids is 1. The first kappa shape index (κ1) is 13.7. The van der Waals surface area contributed by atoms with E-state index in [9.17, 15) is 9.59 Å². The van der Waals surface area contributed by atoms with Crippen LogP contribution < -0.4 is 5.32 Å². The van der Waals surface area contributed by atoms with Crippen LogP contribution in [0, 0.1) is 11.8 Å². The van der Waals surface area contributed by atoms with Crippen molar-refractivity contribution in [3.63, 3.8) is 0 Å². The number of carboxylic acid groups (broad SMARTS) is 1. The Kier molecular flexibility index (Phi) is 5.15. The molecule has 96 valence electrons. The zero-order valence-corrected chi connectivity index (χ0v) is 9.93. The second-order valence-corrected chi connectivity index (χ2v) is 4.29. The van der Waals surface area contributed by atoms with E-state index in [1.54, 1.807) is 6.08 Å². The highest BCUT2D eigenvalue weighted by atomic mass is 16.4. The maximum atomic E-state index is 11.9. The van der Waals surface area contributed by atoms with Crippen molar-refractivity contribution in [2.45, 2.75) is 32.2 Å². The molecular weight excluding hydrogens is 222 g/mol. The molecule has 0 aromatic rings. The van der Waals surface area contributed by atoms with Gasteiger partial charge in [-0.1, -0.05) is 19.1 Å². The first-order chi connectivity index (χ1) is 8.10. The zero-order valence-electron chi connectivity index (χ0n) is 9.93. The lowest BCUT2D eigenvalue weighted by Gasteiger charge is -2.26. The van der Waals surface area contributed by atoms with E-state index in [2.05, 4.69) is 5.32 Å². The first-order valence-electron chi connectivity index (χ1n) is 5.89. The topological polar surface area (TPSA) is 86.6 Å². The summed E-state index contributed by atoms with van der Waals surface area (Å²) in [5.74, 6) is -2.40. The molecule has 1 amide bonds. The van der Waals surface area contributed by atoms with Gasteiger partial charge in [-0.25, -0.2) is 0 Å². The van der Waals surface area contributed by atoms with Gasteiger partial charge in [0.1, 0.15) is 0 Å². The Bertz CT molecular complexity index is 310. The molecule has 0 radical (unpaired) electrons. The van der Waals surface area contributed by atoms with Crippen LogP contribution in [0.1, 0.15) is 26.2 Å². The number of carbonyl (C=O) groups is 2. The summed E-state index contributed by atoms with van der Waals surface area (Å²) in [5.41, 5.74) is 0. The maximum Gasteiger partial charge on any atom is 0.307 e. The summed E-state index contributed by atoms with van der Waals surface area (Å²) in [5, 5.41) is 20.7. The average Bonchev–Trinajstić information content (AvgIpc) is 2.35.